The molecule has 0 amide bonds. The van der Waals surface area contributed by atoms with Crippen LogP contribution in [-0.4, -0.2) is 45.6 Å². The summed E-state index contributed by atoms with van der Waals surface area (Å²) in [6.07, 6.45) is -0.981. The van der Waals surface area contributed by atoms with Gasteiger partial charge in [0.1, 0.15) is 24.0 Å². The van der Waals surface area contributed by atoms with Crippen LogP contribution in [0.15, 0.2) is 66.7 Å². The van der Waals surface area contributed by atoms with Crippen LogP contribution in [0.1, 0.15) is 10.4 Å². The minimum absolute atomic E-state index is 0.0521. The maximum Gasteiger partial charge on any atom is 0.335 e. The van der Waals surface area contributed by atoms with Gasteiger partial charge in [0.05, 0.1) is 23.4 Å². The third kappa shape index (κ3) is 3.89. The molecule has 0 spiro atoms. The number of carboxylic acids is 1. The molecule has 0 radical (unpaired) electrons. The molecule has 7 heteroatoms. The second-order valence-electron chi connectivity index (χ2n) is 6.81. The van der Waals surface area contributed by atoms with Gasteiger partial charge in [-0.1, -0.05) is 30.3 Å². The summed E-state index contributed by atoms with van der Waals surface area (Å²) in [7, 11) is 0. The van der Waals surface area contributed by atoms with Crippen molar-refractivity contribution in [2.75, 3.05) is 18.5 Å². The fraction of sp³-hybridized carbons (Fsp3) is 0.130. The first-order chi connectivity index (χ1) is 14.6. The summed E-state index contributed by atoms with van der Waals surface area (Å²) in [4.78, 5) is 15.8. The molecule has 0 fully saturated rings. The lowest BCUT2D eigenvalue weighted by Crippen LogP contribution is -2.21. The van der Waals surface area contributed by atoms with E-state index >= 15 is 0 Å². The summed E-state index contributed by atoms with van der Waals surface area (Å²) in [5.41, 5.74) is 3.13. The maximum absolute atomic E-state index is 11.1. The molecule has 3 aromatic carbocycles. The van der Waals surface area contributed by atoms with Crippen LogP contribution in [0, 0.1) is 0 Å². The van der Waals surface area contributed by atoms with E-state index in [0.29, 0.717) is 11.3 Å². The molecule has 4 rings (SSSR count). The summed E-state index contributed by atoms with van der Waals surface area (Å²) in [6, 6.07) is 19.7. The lowest BCUT2D eigenvalue weighted by Gasteiger charge is -2.16. The van der Waals surface area contributed by atoms with Crippen molar-refractivity contribution in [3.8, 4) is 5.75 Å². The molecule has 4 N–H and O–H groups in total. The van der Waals surface area contributed by atoms with Gasteiger partial charge in [-0.25, -0.2) is 9.78 Å². The molecule has 1 heterocycles. The Kier molecular flexibility index (Phi) is 5.47. The van der Waals surface area contributed by atoms with Crippen molar-refractivity contribution < 1.29 is 24.9 Å². The first-order valence-corrected chi connectivity index (χ1v) is 9.40. The quantitative estimate of drug-likeness (QED) is 0.349. The predicted molar refractivity (Wildman–Crippen MR) is 115 cm³/mol. The number of carbonyl (C=O) groups is 1. The van der Waals surface area contributed by atoms with Gasteiger partial charge in [0.25, 0.3) is 0 Å². The molecule has 0 aliphatic rings. The Hall–Kier alpha value is -3.68. The summed E-state index contributed by atoms with van der Waals surface area (Å²) in [5.74, 6) is -0.483. The number of nitrogens with one attached hydrogen (secondary N) is 1. The number of aliphatic hydroxyl groups excluding tert-OH is 2. The molecule has 1 unspecified atom stereocenters. The van der Waals surface area contributed by atoms with E-state index in [1.54, 1.807) is 30.3 Å². The molecule has 1 atom stereocenters. The predicted octanol–water partition coefficient (Wildman–Crippen LogP) is 3.56. The Morgan fingerprint density at radius 1 is 1.00 bits per heavy atom. The van der Waals surface area contributed by atoms with Gasteiger partial charge >= 0.3 is 5.97 Å². The molecule has 152 valence electrons. The number of pyridine rings is 1. The maximum atomic E-state index is 11.1. The number of hydrogen-bond acceptors (Lipinski definition) is 6. The average Bonchev–Trinajstić information content (AvgIpc) is 2.77. The van der Waals surface area contributed by atoms with Crippen molar-refractivity contribution in [2.24, 2.45) is 0 Å². The van der Waals surface area contributed by atoms with Gasteiger partial charge in [-0.15, -0.1) is 0 Å². The van der Waals surface area contributed by atoms with E-state index < -0.39 is 12.1 Å². The lowest BCUT2D eigenvalue weighted by atomic mass is 10.1. The van der Waals surface area contributed by atoms with E-state index in [9.17, 15) is 9.90 Å². The number of fused-ring (bicyclic) bond motifs is 2. The lowest BCUT2D eigenvalue weighted by molar-refractivity contribution is 0.0540. The second kappa shape index (κ2) is 8.36. The number of anilines is 2. The smallest absolute Gasteiger partial charge is 0.335 e. The molecule has 30 heavy (non-hydrogen) atoms. The van der Waals surface area contributed by atoms with Gasteiger partial charge in [0.2, 0.25) is 0 Å². The number of aliphatic hydroxyl groups is 2. The highest BCUT2D eigenvalue weighted by Crippen LogP contribution is 2.36. The van der Waals surface area contributed by atoms with Crippen molar-refractivity contribution in [1.82, 2.24) is 4.98 Å². The summed E-state index contributed by atoms with van der Waals surface area (Å²) in [6.45, 7) is -0.441. The molecular weight excluding hydrogens is 384 g/mol. The Balaban J connectivity index is 1.82. The molecule has 1 aromatic heterocycles. The van der Waals surface area contributed by atoms with Crippen molar-refractivity contribution >= 4 is 39.1 Å². The third-order valence-corrected chi connectivity index (χ3v) is 4.72. The summed E-state index contributed by atoms with van der Waals surface area (Å²) < 4.78 is 5.70. The van der Waals surface area contributed by atoms with E-state index in [-0.39, 0.29) is 18.8 Å². The number of rotatable bonds is 7. The number of para-hydroxylation sites is 2. The van der Waals surface area contributed by atoms with E-state index in [1.165, 1.54) is 0 Å². The molecule has 4 aromatic rings. The van der Waals surface area contributed by atoms with Crippen LogP contribution >= 0.6 is 0 Å². The highest BCUT2D eigenvalue weighted by atomic mass is 16.5. The first-order valence-electron chi connectivity index (χ1n) is 9.40. The fourth-order valence-corrected chi connectivity index (χ4v) is 3.22. The zero-order valence-corrected chi connectivity index (χ0v) is 15.9. The highest BCUT2D eigenvalue weighted by Gasteiger charge is 2.14. The van der Waals surface area contributed by atoms with Crippen LogP contribution in [0.5, 0.6) is 5.75 Å². The number of hydrogen-bond donors (Lipinski definition) is 4. The van der Waals surface area contributed by atoms with Crippen LogP contribution in [0.4, 0.5) is 11.4 Å². The van der Waals surface area contributed by atoms with Crippen LogP contribution in [0.2, 0.25) is 0 Å². The van der Waals surface area contributed by atoms with Gasteiger partial charge in [-0.05, 0) is 36.4 Å². The number of carboxylic acid groups (broad SMARTS) is 1. The van der Waals surface area contributed by atoms with E-state index in [1.807, 2.05) is 36.4 Å². The van der Waals surface area contributed by atoms with Crippen LogP contribution < -0.4 is 10.1 Å². The van der Waals surface area contributed by atoms with E-state index in [4.69, 9.17) is 19.9 Å². The van der Waals surface area contributed by atoms with Crippen LogP contribution in [0.25, 0.3) is 21.8 Å². The molecule has 0 saturated heterocycles. The number of benzene rings is 3. The number of aromatic nitrogens is 1. The average molecular weight is 404 g/mol. The fourth-order valence-electron chi connectivity index (χ4n) is 3.22. The Bertz CT molecular complexity index is 1210. The minimum atomic E-state index is -0.981. The van der Waals surface area contributed by atoms with Gasteiger partial charge in [-0.3, -0.25) is 0 Å². The highest BCUT2D eigenvalue weighted by molar-refractivity contribution is 6.10. The first kappa shape index (κ1) is 19.6. The number of nitrogens with zero attached hydrogens (tertiary/aromatic N) is 1. The Morgan fingerprint density at radius 2 is 1.73 bits per heavy atom. The minimum Gasteiger partial charge on any atom is -0.489 e. The van der Waals surface area contributed by atoms with E-state index in [0.717, 1.165) is 27.7 Å². The molecule has 0 aliphatic heterocycles. The number of aromatic carboxylic acids is 1. The standard InChI is InChI=1S/C23H20N2O5/c26-12-16(27)13-30-20-7-3-5-18-21(17-4-1-2-6-19(17)25-22(18)20)24-15-10-8-14(9-11-15)23(28)29/h1-11,16,26-27H,12-13H2,(H,24,25)(H,28,29). The number of ether oxygens (including phenoxy) is 1. The van der Waals surface area contributed by atoms with Gasteiger partial charge in [0, 0.05) is 16.5 Å². The van der Waals surface area contributed by atoms with Crippen molar-refractivity contribution in [3.63, 3.8) is 0 Å². The molecule has 0 saturated carbocycles. The molecular formula is C23H20N2O5. The van der Waals surface area contributed by atoms with Gasteiger partial charge < -0.3 is 25.4 Å². The molecule has 7 nitrogen and oxygen atoms in total. The van der Waals surface area contributed by atoms with Crippen LogP contribution in [-0.2, 0) is 0 Å². The van der Waals surface area contributed by atoms with Crippen LogP contribution in [0.3, 0.4) is 0 Å². The van der Waals surface area contributed by atoms with Crippen molar-refractivity contribution in [2.45, 2.75) is 6.10 Å². The van der Waals surface area contributed by atoms with Crippen molar-refractivity contribution in [3.05, 3.63) is 72.3 Å². The van der Waals surface area contributed by atoms with E-state index in [2.05, 4.69) is 5.32 Å². The second-order valence-corrected chi connectivity index (χ2v) is 6.81. The van der Waals surface area contributed by atoms with Gasteiger partial charge in [-0.2, -0.15) is 0 Å². The zero-order valence-electron chi connectivity index (χ0n) is 15.9. The normalized spacial score (nSPS) is 12.1. The Morgan fingerprint density at radius 3 is 2.47 bits per heavy atom. The zero-order chi connectivity index (χ0) is 21.1. The largest absolute Gasteiger partial charge is 0.489 e. The summed E-state index contributed by atoms with van der Waals surface area (Å²) in [5, 5.41) is 32.9. The van der Waals surface area contributed by atoms with Gasteiger partial charge in [0.15, 0.2) is 0 Å². The summed E-state index contributed by atoms with van der Waals surface area (Å²) >= 11 is 0. The Labute approximate surface area is 172 Å². The third-order valence-electron chi connectivity index (χ3n) is 4.72. The topological polar surface area (TPSA) is 112 Å². The SMILES string of the molecule is O=C(O)c1ccc(Nc2c3ccccc3nc3c(OCC(O)CO)cccc23)cc1. The molecule has 0 aliphatic carbocycles. The molecule has 0 bridgehead atoms. The van der Waals surface area contributed by atoms with Crippen molar-refractivity contribution in [1.29, 1.82) is 0 Å². The monoisotopic (exact) mass is 404 g/mol.